The van der Waals surface area contributed by atoms with E-state index in [-0.39, 0.29) is 5.91 Å². The third-order valence-electron chi connectivity index (χ3n) is 4.04. The van der Waals surface area contributed by atoms with E-state index in [1.54, 1.807) is 0 Å². The molecule has 1 aliphatic carbocycles. The van der Waals surface area contributed by atoms with E-state index in [9.17, 15) is 4.79 Å². The first-order valence-electron chi connectivity index (χ1n) is 7.49. The number of carbonyl (C=O) groups is 1. The number of nitrogens with zero attached hydrogens (tertiary/aromatic N) is 3. The molecule has 0 unspecified atom stereocenters. The van der Waals surface area contributed by atoms with Crippen LogP contribution < -0.4 is 10.2 Å². The van der Waals surface area contributed by atoms with Gasteiger partial charge in [-0.15, -0.1) is 0 Å². The van der Waals surface area contributed by atoms with Crippen molar-refractivity contribution in [2.24, 2.45) is 5.92 Å². The van der Waals surface area contributed by atoms with E-state index >= 15 is 0 Å². The molecule has 0 bridgehead atoms. The summed E-state index contributed by atoms with van der Waals surface area (Å²) >= 11 is 0. The van der Waals surface area contributed by atoms with E-state index < -0.39 is 0 Å². The Morgan fingerprint density at radius 1 is 1.15 bits per heavy atom. The fourth-order valence-electron chi connectivity index (χ4n) is 2.74. The minimum Gasteiger partial charge on any atom is -0.353 e. The van der Waals surface area contributed by atoms with Gasteiger partial charge in [0, 0.05) is 36.4 Å². The van der Waals surface area contributed by atoms with Gasteiger partial charge in [0.15, 0.2) is 0 Å². The lowest BCUT2D eigenvalue weighted by Crippen LogP contribution is -2.45. The number of rotatable bonds is 3. The summed E-state index contributed by atoms with van der Waals surface area (Å²) in [7, 11) is 0. The van der Waals surface area contributed by atoms with Crippen LogP contribution in [0.4, 0.5) is 5.95 Å². The van der Waals surface area contributed by atoms with E-state index in [1.165, 1.54) is 0 Å². The molecule has 1 saturated heterocycles. The fourth-order valence-corrected chi connectivity index (χ4v) is 2.74. The zero-order valence-electron chi connectivity index (χ0n) is 12.2. The van der Waals surface area contributed by atoms with Crippen molar-refractivity contribution in [2.75, 3.05) is 18.0 Å². The number of hydrogen-bond acceptors (Lipinski definition) is 4. The first kappa shape index (κ1) is 13.3. The molecule has 0 aromatic carbocycles. The Bertz CT molecular complexity index is 484. The van der Waals surface area contributed by atoms with Crippen molar-refractivity contribution in [1.29, 1.82) is 0 Å². The van der Waals surface area contributed by atoms with Gasteiger partial charge in [-0.25, -0.2) is 9.97 Å². The highest BCUT2D eigenvalue weighted by molar-refractivity contribution is 5.81. The van der Waals surface area contributed by atoms with Gasteiger partial charge in [-0.2, -0.15) is 0 Å². The molecule has 1 aromatic rings. The van der Waals surface area contributed by atoms with Crippen LogP contribution in [0.2, 0.25) is 0 Å². The zero-order valence-corrected chi connectivity index (χ0v) is 12.2. The molecular weight excluding hydrogens is 252 g/mol. The second kappa shape index (κ2) is 5.38. The third-order valence-corrected chi connectivity index (χ3v) is 4.04. The minimum absolute atomic E-state index is 0.256. The van der Waals surface area contributed by atoms with Gasteiger partial charge in [0.2, 0.25) is 11.9 Å². The lowest BCUT2D eigenvalue weighted by molar-refractivity contribution is -0.123. The highest BCUT2D eigenvalue weighted by Gasteiger charge is 2.32. The van der Waals surface area contributed by atoms with Gasteiger partial charge in [0.1, 0.15) is 0 Å². The average molecular weight is 274 g/mol. The van der Waals surface area contributed by atoms with E-state index in [0.29, 0.717) is 12.0 Å². The lowest BCUT2D eigenvalue weighted by Gasteiger charge is -2.32. The van der Waals surface area contributed by atoms with Gasteiger partial charge < -0.3 is 10.2 Å². The molecule has 2 heterocycles. The zero-order chi connectivity index (χ0) is 14.1. The lowest BCUT2D eigenvalue weighted by atomic mass is 10.1. The minimum atomic E-state index is 0.256. The molecule has 0 radical (unpaired) electrons. The molecule has 5 heteroatoms. The van der Waals surface area contributed by atoms with Crippen molar-refractivity contribution >= 4 is 11.9 Å². The summed E-state index contributed by atoms with van der Waals surface area (Å²) in [5.74, 6) is 1.39. The van der Waals surface area contributed by atoms with Crippen molar-refractivity contribution in [1.82, 2.24) is 15.3 Å². The summed E-state index contributed by atoms with van der Waals surface area (Å²) in [6.45, 7) is 5.83. The van der Waals surface area contributed by atoms with Crippen molar-refractivity contribution in [3.8, 4) is 0 Å². The van der Waals surface area contributed by atoms with Gasteiger partial charge in [0.25, 0.3) is 0 Å². The highest BCUT2D eigenvalue weighted by Crippen LogP contribution is 2.29. The molecule has 20 heavy (non-hydrogen) atoms. The van der Waals surface area contributed by atoms with Crippen LogP contribution in [0.1, 0.15) is 37.1 Å². The molecule has 0 atom stereocenters. The SMILES string of the molecule is Cc1cc(C)nc(N2CCC(NC(=O)C3CC3)CC2)n1. The molecule has 108 valence electrons. The molecule has 2 fully saturated rings. The Morgan fingerprint density at radius 2 is 1.75 bits per heavy atom. The number of carbonyl (C=O) groups excluding carboxylic acids is 1. The van der Waals surface area contributed by atoms with Crippen LogP contribution >= 0.6 is 0 Å². The van der Waals surface area contributed by atoms with Gasteiger partial charge in [-0.1, -0.05) is 0 Å². The number of aromatic nitrogens is 2. The second-order valence-electron chi connectivity index (χ2n) is 5.99. The van der Waals surface area contributed by atoms with E-state index in [4.69, 9.17) is 0 Å². The quantitative estimate of drug-likeness (QED) is 0.909. The molecule has 1 saturated carbocycles. The topological polar surface area (TPSA) is 58.1 Å². The molecule has 3 rings (SSSR count). The summed E-state index contributed by atoms with van der Waals surface area (Å²) in [5, 5.41) is 3.17. The smallest absolute Gasteiger partial charge is 0.225 e. The maximum Gasteiger partial charge on any atom is 0.225 e. The van der Waals surface area contributed by atoms with Gasteiger partial charge >= 0.3 is 0 Å². The van der Waals surface area contributed by atoms with Gasteiger partial charge in [-0.3, -0.25) is 4.79 Å². The largest absolute Gasteiger partial charge is 0.353 e. The van der Waals surface area contributed by atoms with Crippen molar-refractivity contribution in [3.05, 3.63) is 17.5 Å². The molecule has 2 aliphatic rings. The molecule has 0 spiro atoms. The predicted molar refractivity (Wildman–Crippen MR) is 77.6 cm³/mol. The maximum absolute atomic E-state index is 11.8. The maximum atomic E-state index is 11.8. The number of aryl methyl sites for hydroxylation is 2. The van der Waals surface area contributed by atoms with Crippen LogP contribution in [-0.4, -0.2) is 35.0 Å². The van der Waals surface area contributed by atoms with E-state index in [0.717, 1.165) is 56.1 Å². The van der Waals surface area contributed by atoms with Gasteiger partial charge in [0.05, 0.1) is 0 Å². The Labute approximate surface area is 119 Å². The summed E-state index contributed by atoms with van der Waals surface area (Å²) in [6.07, 6.45) is 4.10. The number of hydrogen-bond donors (Lipinski definition) is 1. The Kier molecular flexibility index (Phi) is 3.59. The fraction of sp³-hybridized carbons (Fsp3) is 0.667. The van der Waals surface area contributed by atoms with Crippen LogP contribution in [0, 0.1) is 19.8 Å². The summed E-state index contributed by atoms with van der Waals surface area (Å²) < 4.78 is 0. The second-order valence-corrected chi connectivity index (χ2v) is 5.99. The van der Waals surface area contributed by atoms with Gasteiger partial charge in [-0.05, 0) is 45.6 Å². The predicted octanol–water partition coefficient (Wildman–Crippen LogP) is 1.59. The molecule has 1 N–H and O–H groups in total. The molecule has 1 aromatic heterocycles. The molecular formula is C15H22N4O. The van der Waals surface area contributed by atoms with Crippen LogP contribution in [-0.2, 0) is 4.79 Å². The average Bonchev–Trinajstić information content (AvgIpc) is 3.22. The first-order chi connectivity index (χ1) is 9.61. The Balaban J connectivity index is 1.56. The number of anilines is 1. The highest BCUT2D eigenvalue weighted by atomic mass is 16.2. The van der Waals surface area contributed by atoms with Crippen molar-refractivity contribution < 1.29 is 4.79 Å². The van der Waals surface area contributed by atoms with Crippen LogP contribution in [0.25, 0.3) is 0 Å². The first-order valence-corrected chi connectivity index (χ1v) is 7.49. The normalized spacial score (nSPS) is 20.0. The summed E-state index contributed by atoms with van der Waals surface area (Å²) in [5.41, 5.74) is 2.02. The Morgan fingerprint density at radius 3 is 2.30 bits per heavy atom. The van der Waals surface area contributed by atoms with E-state index in [2.05, 4.69) is 20.2 Å². The number of piperidine rings is 1. The van der Waals surface area contributed by atoms with Crippen LogP contribution in [0.15, 0.2) is 6.07 Å². The molecule has 1 amide bonds. The summed E-state index contributed by atoms with van der Waals surface area (Å²) in [6, 6.07) is 2.32. The van der Waals surface area contributed by atoms with Crippen molar-refractivity contribution in [2.45, 2.75) is 45.6 Å². The van der Waals surface area contributed by atoms with E-state index in [1.807, 2.05) is 19.9 Å². The molecule has 5 nitrogen and oxygen atoms in total. The molecule has 1 aliphatic heterocycles. The van der Waals surface area contributed by atoms with Crippen LogP contribution in [0.5, 0.6) is 0 Å². The summed E-state index contributed by atoms with van der Waals surface area (Å²) in [4.78, 5) is 23.0. The monoisotopic (exact) mass is 274 g/mol. The van der Waals surface area contributed by atoms with Crippen LogP contribution in [0.3, 0.4) is 0 Å². The Hall–Kier alpha value is -1.65. The third kappa shape index (κ3) is 3.08. The van der Waals surface area contributed by atoms with Crippen molar-refractivity contribution in [3.63, 3.8) is 0 Å². The number of nitrogens with one attached hydrogen (secondary N) is 1. The number of amides is 1. The standard InChI is InChI=1S/C15H22N4O/c1-10-9-11(2)17-15(16-10)19-7-5-13(6-8-19)18-14(20)12-3-4-12/h9,12-13H,3-8H2,1-2H3,(H,18,20).